The van der Waals surface area contributed by atoms with Crippen LogP contribution in [0.1, 0.15) is 37.8 Å². The molecule has 0 bridgehead atoms. The van der Waals surface area contributed by atoms with Crippen LogP contribution >= 0.6 is 0 Å². The quantitative estimate of drug-likeness (QED) is 0.760. The Morgan fingerprint density at radius 2 is 1.84 bits per heavy atom. The predicted octanol–water partition coefficient (Wildman–Crippen LogP) is 4.05. The summed E-state index contributed by atoms with van der Waals surface area (Å²) in [5.41, 5.74) is 7.43. The predicted molar refractivity (Wildman–Crippen MR) is 81.2 cm³/mol. The Kier molecular flexibility index (Phi) is 5.37. The Morgan fingerprint density at radius 3 is 2.68 bits per heavy atom. The molecule has 0 radical (unpaired) electrons. The van der Waals surface area contributed by atoms with Gasteiger partial charge in [-0.3, -0.25) is 0 Å². The molecule has 2 nitrogen and oxygen atoms in total. The topological polar surface area (TPSA) is 35.2 Å². The van der Waals surface area contributed by atoms with Gasteiger partial charge in [0.05, 0.1) is 12.6 Å². The van der Waals surface area contributed by atoms with Crippen LogP contribution in [0.5, 0.6) is 0 Å². The molecule has 0 amide bonds. The van der Waals surface area contributed by atoms with Crippen LogP contribution in [-0.4, -0.2) is 13.2 Å². The molecular formula is C17H23NO. The first-order valence-electron chi connectivity index (χ1n) is 7.14. The summed E-state index contributed by atoms with van der Waals surface area (Å²) in [7, 11) is 0. The Hall–Kier alpha value is -1.38. The molecule has 0 fully saturated rings. The summed E-state index contributed by atoms with van der Waals surface area (Å²) in [6.45, 7) is 3.60. The van der Waals surface area contributed by atoms with Crippen molar-refractivity contribution in [1.82, 2.24) is 0 Å². The molecule has 0 heterocycles. The molecule has 0 aliphatic heterocycles. The van der Waals surface area contributed by atoms with E-state index in [0.717, 1.165) is 13.0 Å². The summed E-state index contributed by atoms with van der Waals surface area (Å²) in [6, 6.07) is 14.6. The number of hydrogen-bond acceptors (Lipinski definition) is 2. The molecule has 0 aliphatic carbocycles. The van der Waals surface area contributed by atoms with Gasteiger partial charge in [0.15, 0.2) is 0 Å². The van der Waals surface area contributed by atoms with Crippen LogP contribution in [0, 0.1) is 0 Å². The van der Waals surface area contributed by atoms with Crippen LogP contribution in [0.4, 0.5) is 0 Å². The number of fused-ring (bicyclic) bond motifs is 1. The second-order valence-corrected chi connectivity index (χ2v) is 4.96. The molecule has 2 N–H and O–H groups in total. The smallest absolute Gasteiger partial charge is 0.0659 e. The van der Waals surface area contributed by atoms with E-state index < -0.39 is 0 Å². The first-order chi connectivity index (χ1) is 9.33. The largest absolute Gasteiger partial charge is 0.379 e. The monoisotopic (exact) mass is 257 g/mol. The second-order valence-electron chi connectivity index (χ2n) is 4.96. The van der Waals surface area contributed by atoms with E-state index in [0.29, 0.717) is 6.61 Å². The van der Waals surface area contributed by atoms with Crippen molar-refractivity contribution in [2.45, 2.75) is 32.2 Å². The molecular weight excluding hydrogens is 234 g/mol. The molecule has 1 unspecified atom stereocenters. The van der Waals surface area contributed by atoms with Crippen molar-refractivity contribution in [1.29, 1.82) is 0 Å². The van der Waals surface area contributed by atoms with Crippen molar-refractivity contribution >= 4 is 10.8 Å². The maximum absolute atomic E-state index is 6.25. The zero-order chi connectivity index (χ0) is 13.5. The number of nitrogens with two attached hydrogens (primary N) is 1. The van der Waals surface area contributed by atoms with E-state index in [1.54, 1.807) is 0 Å². The second kappa shape index (κ2) is 7.27. The maximum Gasteiger partial charge on any atom is 0.0659 e. The molecule has 0 saturated carbocycles. The molecule has 0 saturated heterocycles. The molecule has 19 heavy (non-hydrogen) atoms. The molecule has 1 atom stereocenters. The summed E-state index contributed by atoms with van der Waals surface area (Å²) >= 11 is 0. The Labute approximate surface area is 115 Å². The van der Waals surface area contributed by atoms with Crippen LogP contribution in [0.25, 0.3) is 10.8 Å². The first kappa shape index (κ1) is 14.0. The minimum absolute atomic E-state index is 0.0484. The highest BCUT2D eigenvalue weighted by atomic mass is 16.5. The summed E-state index contributed by atoms with van der Waals surface area (Å²) in [4.78, 5) is 0. The van der Waals surface area contributed by atoms with E-state index >= 15 is 0 Å². The number of hydrogen-bond donors (Lipinski definition) is 1. The van der Waals surface area contributed by atoms with Crippen molar-refractivity contribution in [3.8, 4) is 0 Å². The summed E-state index contributed by atoms with van der Waals surface area (Å²) in [5, 5.41) is 2.47. The average Bonchev–Trinajstić information content (AvgIpc) is 2.46. The van der Waals surface area contributed by atoms with Gasteiger partial charge < -0.3 is 10.5 Å². The van der Waals surface area contributed by atoms with Gasteiger partial charge in [0.1, 0.15) is 0 Å². The van der Waals surface area contributed by atoms with E-state index in [2.05, 4.69) is 49.4 Å². The fourth-order valence-electron chi connectivity index (χ4n) is 2.33. The lowest BCUT2D eigenvalue weighted by molar-refractivity contribution is 0.117. The highest BCUT2D eigenvalue weighted by Gasteiger charge is 2.09. The molecule has 102 valence electrons. The molecule has 2 aromatic rings. The summed E-state index contributed by atoms with van der Waals surface area (Å²) in [5.74, 6) is 0. The van der Waals surface area contributed by atoms with Gasteiger partial charge in [-0.1, -0.05) is 62.2 Å². The van der Waals surface area contributed by atoms with E-state index in [4.69, 9.17) is 10.5 Å². The molecule has 2 rings (SSSR count). The zero-order valence-electron chi connectivity index (χ0n) is 11.6. The third kappa shape index (κ3) is 3.79. The lowest BCUT2D eigenvalue weighted by atomic mass is 10.00. The minimum atomic E-state index is -0.0484. The van der Waals surface area contributed by atoms with Gasteiger partial charge in [-0.05, 0) is 22.8 Å². The van der Waals surface area contributed by atoms with Gasteiger partial charge in [0.2, 0.25) is 0 Å². The lowest BCUT2D eigenvalue weighted by Crippen LogP contribution is -2.17. The average molecular weight is 257 g/mol. The maximum atomic E-state index is 6.25. The number of ether oxygens (including phenoxy) is 1. The molecule has 0 aliphatic rings. The van der Waals surface area contributed by atoms with Crippen LogP contribution < -0.4 is 5.73 Å². The lowest BCUT2D eigenvalue weighted by Gasteiger charge is -2.15. The SMILES string of the molecule is CCCCCOCC(N)c1cccc2ccccc12. The van der Waals surface area contributed by atoms with Gasteiger partial charge in [0, 0.05) is 6.61 Å². The molecule has 2 aromatic carbocycles. The third-order valence-electron chi connectivity index (χ3n) is 3.41. The van der Waals surface area contributed by atoms with E-state index in [-0.39, 0.29) is 6.04 Å². The van der Waals surface area contributed by atoms with E-state index in [1.807, 2.05) is 0 Å². The van der Waals surface area contributed by atoms with Gasteiger partial charge in [-0.15, -0.1) is 0 Å². The number of rotatable bonds is 7. The van der Waals surface area contributed by atoms with Gasteiger partial charge in [0.25, 0.3) is 0 Å². The molecule has 2 heteroatoms. The normalized spacial score (nSPS) is 12.7. The number of unbranched alkanes of at least 4 members (excludes halogenated alkanes) is 2. The first-order valence-corrected chi connectivity index (χ1v) is 7.14. The van der Waals surface area contributed by atoms with Crippen LogP contribution in [0.15, 0.2) is 42.5 Å². The Bertz CT molecular complexity index is 504. The van der Waals surface area contributed by atoms with Gasteiger partial charge in [-0.2, -0.15) is 0 Å². The fourth-order valence-corrected chi connectivity index (χ4v) is 2.33. The fraction of sp³-hybridized carbons (Fsp3) is 0.412. The van der Waals surface area contributed by atoms with Crippen molar-refractivity contribution in [3.63, 3.8) is 0 Å². The van der Waals surface area contributed by atoms with Crippen molar-refractivity contribution < 1.29 is 4.74 Å². The highest BCUT2D eigenvalue weighted by molar-refractivity contribution is 5.86. The van der Waals surface area contributed by atoms with Gasteiger partial charge in [-0.25, -0.2) is 0 Å². The van der Waals surface area contributed by atoms with E-state index in [9.17, 15) is 0 Å². The van der Waals surface area contributed by atoms with E-state index in [1.165, 1.54) is 29.2 Å². The van der Waals surface area contributed by atoms with Crippen LogP contribution in [0.2, 0.25) is 0 Å². The Morgan fingerprint density at radius 1 is 1.05 bits per heavy atom. The van der Waals surface area contributed by atoms with Crippen molar-refractivity contribution in [2.75, 3.05) is 13.2 Å². The zero-order valence-corrected chi connectivity index (χ0v) is 11.6. The van der Waals surface area contributed by atoms with Crippen LogP contribution in [0.3, 0.4) is 0 Å². The third-order valence-corrected chi connectivity index (χ3v) is 3.41. The highest BCUT2D eigenvalue weighted by Crippen LogP contribution is 2.23. The standard InChI is InChI=1S/C17H23NO/c1-2-3-6-12-19-13-17(18)16-11-7-9-14-8-4-5-10-15(14)16/h4-5,7-11,17H,2-3,6,12-13,18H2,1H3. The number of benzene rings is 2. The summed E-state index contributed by atoms with van der Waals surface area (Å²) in [6.07, 6.45) is 3.57. The summed E-state index contributed by atoms with van der Waals surface area (Å²) < 4.78 is 5.68. The van der Waals surface area contributed by atoms with Crippen molar-refractivity contribution in [2.24, 2.45) is 5.73 Å². The minimum Gasteiger partial charge on any atom is -0.379 e. The Balaban J connectivity index is 1.99. The van der Waals surface area contributed by atoms with Gasteiger partial charge >= 0.3 is 0 Å². The van der Waals surface area contributed by atoms with Crippen LogP contribution in [-0.2, 0) is 4.74 Å². The molecule has 0 aromatic heterocycles. The molecule has 0 spiro atoms. The van der Waals surface area contributed by atoms with Crippen molar-refractivity contribution in [3.05, 3.63) is 48.0 Å².